The number of aliphatic hydroxyl groups is 1. The summed E-state index contributed by atoms with van der Waals surface area (Å²) in [7, 11) is 0. The Morgan fingerprint density at radius 3 is 2.40 bits per heavy atom. The van der Waals surface area contributed by atoms with Crippen molar-refractivity contribution in [3.05, 3.63) is 64.1 Å². The summed E-state index contributed by atoms with van der Waals surface area (Å²) in [5, 5.41) is 12.6. The molecule has 0 spiro atoms. The lowest BCUT2D eigenvalue weighted by Gasteiger charge is -2.31. The number of anilines is 1. The van der Waals surface area contributed by atoms with Crippen LogP contribution in [0.25, 0.3) is 0 Å². The van der Waals surface area contributed by atoms with Gasteiger partial charge in [-0.25, -0.2) is 8.78 Å². The molecule has 0 bridgehead atoms. The second kappa shape index (κ2) is 5.89. The molecule has 0 saturated carbocycles. The van der Waals surface area contributed by atoms with E-state index in [1.165, 1.54) is 12.1 Å². The van der Waals surface area contributed by atoms with Gasteiger partial charge in [0, 0.05) is 15.7 Å². The van der Waals surface area contributed by atoms with Crippen LogP contribution in [0.1, 0.15) is 12.5 Å². The van der Waals surface area contributed by atoms with E-state index in [1.807, 2.05) is 12.1 Å². The molecule has 0 heterocycles. The molecule has 2 nitrogen and oxygen atoms in total. The van der Waals surface area contributed by atoms with E-state index in [2.05, 4.69) is 21.2 Å². The van der Waals surface area contributed by atoms with Gasteiger partial charge in [0.05, 0.1) is 12.1 Å². The van der Waals surface area contributed by atoms with Crippen molar-refractivity contribution in [2.75, 3.05) is 11.9 Å². The van der Waals surface area contributed by atoms with Crippen molar-refractivity contribution in [2.24, 2.45) is 0 Å². The topological polar surface area (TPSA) is 32.3 Å². The Labute approximate surface area is 124 Å². The van der Waals surface area contributed by atoms with Crippen LogP contribution < -0.4 is 5.32 Å². The van der Waals surface area contributed by atoms with Crippen LogP contribution >= 0.6 is 15.9 Å². The lowest BCUT2D eigenvalue weighted by molar-refractivity contribution is 0.219. The van der Waals surface area contributed by atoms with Gasteiger partial charge in [-0.2, -0.15) is 0 Å². The highest BCUT2D eigenvalue weighted by atomic mass is 79.9. The molecule has 2 N–H and O–H groups in total. The van der Waals surface area contributed by atoms with Crippen molar-refractivity contribution in [1.82, 2.24) is 0 Å². The summed E-state index contributed by atoms with van der Waals surface area (Å²) < 4.78 is 28.2. The van der Waals surface area contributed by atoms with Crippen LogP contribution in [0.2, 0.25) is 0 Å². The largest absolute Gasteiger partial charge is 0.394 e. The van der Waals surface area contributed by atoms with Crippen LogP contribution in [0.15, 0.2) is 46.9 Å². The highest BCUT2D eigenvalue weighted by Crippen LogP contribution is 2.29. The molecule has 0 amide bonds. The van der Waals surface area contributed by atoms with Crippen LogP contribution in [0.3, 0.4) is 0 Å². The standard InChI is InChI=1S/C15H14BrF2NO/c1-15(9-20,12-3-2-4-13(17)14(12)18)19-11-7-5-10(16)6-8-11/h2-8,19-20H,9H2,1H3. The third-order valence-electron chi connectivity index (χ3n) is 3.13. The van der Waals surface area contributed by atoms with E-state index in [9.17, 15) is 13.9 Å². The Hall–Kier alpha value is -1.46. The average Bonchev–Trinajstić information content (AvgIpc) is 2.44. The zero-order valence-corrected chi connectivity index (χ0v) is 12.4. The predicted molar refractivity (Wildman–Crippen MR) is 78.6 cm³/mol. The summed E-state index contributed by atoms with van der Waals surface area (Å²) >= 11 is 3.32. The molecule has 5 heteroatoms. The number of nitrogens with one attached hydrogen (secondary N) is 1. The van der Waals surface area contributed by atoms with Crippen LogP contribution in [-0.2, 0) is 5.54 Å². The van der Waals surface area contributed by atoms with Crippen LogP contribution in [-0.4, -0.2) is 11.7 Å². The number of halogens is 3. The minimum Gasteiger partial charge on any atom is -0.394 e. The quantitative estimate of drug-likeness (QED) is 0.879. The maximum atomic E-state index is 13.9. The highest BCUT2D eigenvalue weighted by molar-refractivity contribution is 9.10. The molecule has 0 saturated heterocycles. The summed E-state index contributed by atoms with van der Waals surface area (Å²) in [4.78, 5) is 0. The van der Waals surface area contributed by atoms with Crippen molar-refractivity contribution in [3.8, 4) is 0 Å². The Balaban J connectivity index is 2.38. The fourth-order valence-electron chi connectivity index (χ4n) is 1.97. The zero-order valence-electron chi connectivity index (χ0n) is 10.8. The second-order valence-electron chi connectivity index (χ2n) is 4.72. The lowest BCUT2D eigenvalue weighted by atomic mass is 9.91. The van der Waals surface area contributed by atoms with Crippen molar-refractivity contribution in [2.45, 2.75) is 12.5 Å². The van der Waals surface area contributed by atoms with Crippen molar-refractivity contribution in [1.29, 1.82) is 0 Å². The van der Waals surface area contributed by atoms with Gasteiger partial charge in [-0.15, -0.1) is 0 Å². The molecule has 0 aliphatic rings. The molecular weight excluding hydrogens is 328 g/mol. The molecule has 2 rings (SSSR count). The lowest BCUT2D eigenvalue weighted by Crippen LogP contribution is -2.37. The first-order valence-corrected chi connectivity index (χ1v) is 6.85. The maximum Gasteiger partial charge on any atom is 0.164 e. The Morgan fingerprint density at radius 2 is 1.80 bits per heavy atom. The van der Waals surface area contributed by atoms with E-state index in [1.54, 1.807) is 19.1 Å². The highest BCUT2D eigenvalue weighted by Gasteiger charge is 2.30. The van der Waals surface area contributed by atoms with E-state index < -0.39 is 17.2 Å². The zero-order chi connectivity index (χ0) is 14.8. The van der Waals surface area contributed by atoms with Crippen molar-refractivity contribution in [3.63, 3.8) is 0 Å². The van der Waals surface area contributed by atoms with Gasteiger partial charge in [0.1, 0.15) is 0 Å². The average molecular weight is 342 g/mol. The van der Waals surface area contributed by atoms with Gasteiger partial charge >= 0.3 is 0 Å². The molecule has 0 radical (unpaired) electrons. The molecule has 106 valence electrons. The second-order valence-corrected chi connectivity index (χ2v) is 5.64. The Kier molecular flexibility index (Phi) is 4.40. The van der Waals surface area contributed by atoms with E-state index in [4.69, 9.17) is 0 Å². The van der Waals surface area contributed by atoms with Gasteiger partial charge in [0.25, 0.3) is 0 Å². The van der Waals surface area contributed by atoms with Gasteiger partial charge in [-0.05, 0) is 37.3 Å². The molecule has 1 unspecified atom stereocenters. The Morgan fingerprint density at radius 1 is 1.15 bits per heavy atom. The minimum atomic E-state index is -1.11. The van der Waals surface area contributed by atoms with Crippen molar-refractivity contribution >= 4 is 21.6 Å². The third kappa shape index (κ3) is 2.99. The predicted octanol–water partition coefficient (Wildman–Crippen LogP) is 4.05. The van der Waals surface area contributed by atoms with E-state index in [0.717, 1.165) is 10.5 Å². The molecule has 20 heavy (non-hydrogen) atoms. The minimum absolute atomic E-state index is 0.0860. The number of benzene rings is 2. The molecule has 2 aromatic rings. The van der Waals surface area contributed by atoms with E-state index >= 15 is 0 Å². The monoisotopic (exact) mass is 341 g/mol. The Bertz CT molecular complexity index is 603. The maximum absolute atomic E-state index is 13.9. The first-order valence-electron chi connectivity index (χ1n) is 6.05. The normalized spacial score (nSPS) is 13.8. The van der Waals surface area contributed by atoms with Gasteiger partial charge in [-0.3, -0.25) is 0 Å². The van der Waals surface area contributed by atoms with Gasteiger partial charge in [-0.1, -0.05) is 28.1 Å². The molecule has 0 fully saturated rings. The fraction of sp³-hybridized carbons (Fsp3) is 0.200. The van der Waals surface area contributed by atoms with Crippen molar-refractivity contribution < 1.29 is 13.9 Å². The molecule has 0 aromatic heterocycles. The number of rotatable bonds is 4. The third-order valence-corrected chi connectivity index (χ3v) is 3.66. The molecule has 1 atom stereocenters. The smallest absolute Gasteiger partial charge is 0.164 e. The number of aliphatic hydroxyl groups excluding tert-OH is 1. The van der Waals surface area contributed by atoms with Crippen LogP contribution in [0, 0.1) is 11.6 Å². The SMILES string of the molecule is CC(CO)(Nc1ccc(Br)cc1)c1cccc(F)c1F. The fourth-order valence-corrected chi connectivity index (χ4v) is 2.24. The molecular formula is C15H14BrF2NO. The van der Waals surface area contributed by atoms with E-state index in [0.29, 0.717) is 5.69 Å². The summed E-state index contributed by atoms with van der Waals surface area (Å²) in [5.74, 6) is -1.88. The van der Waals surface area contributed by atoms with E-state index in [-0.39, 0.29) is 12.2 Å². The van der Waals surface area contributed by atoms with Gasteiger partial charge < -0.3 is 10.4 Å². The molecule has 2 aromatic carbocycles. The summed E-state index contributed by atoms with van der Waals surface area (Å²) in [5.41, 5.74) is -0.323. The summed E-state index contributed by atoms with van der Waals surface area (Å²) in [6, 6.07) is 11.1. The molecule has 0 aliphatic heterocycles. The first-order chi connectivity index (χ1) is 9.46. The van der Waals surface area contributed by atoms with Crippen LogP contribution in [0.4, 0.5) is 14.5 Å². The summed E-state index contributed by atoms with van der Waals surface area (Å²) in [6.07, 6.45) is 0. The first kappa shape index (κ1) is 14.9. The molecule has 0 aliphatic carbocycles. The summed E-state index contributed by atoms with van der Waals surface area (Å²) in [6.45, 7) is 1.25. The van der Waals surface area contributed by atoms with Gasteiger partial charge in [0.2, 0.25) is 0 Å². The number of hydrogen-bond donors (Lipinski definition) is 2. The number of hydrogen-bond acceptors (Lipinski definition) is 2. The van der Waals surface area contributed by atoms with Gasteiger partial charge in [0.15, 0.2) is 11.6 Å². The van der Waals surface area contributed by atoms with Crippen LogP contribution in [0.5, 0.6) is 0 Å².